The number of amides is 1. The fraction of sp³-hybridized carbons (Fsp3) is 0.389. The average Bonchev–Trinajstić information content (AvgIpc) is 3.32. The first-order valence-corrected chi connectivity index (χ1v) is 9.20. The Balaban J connectivity index is 1.60. The van der Waals surface area contributed by atoms with Gasteiger partial charge in [-0.3, -0.25) is 4.79 Å². The summed E-state index contributed by atoms with van der Waals surface area (Å²) < 4.78 is 6.43. The van der Waals surface area contributed by atoms with Crippen LogP contribution in [0.3, 0.4) is 0 Å². The summed E-state index contributed by atoms with van der Waals surface area (Å²) in [7, 11) is 0. The summed E-state index contributed by atoms with van der Waals surface area (Å²) in [6.07, 6.45) is 3.72. The molecule has 1 aliphatic rings. The first kappa shape index (κ1) is 15.3. The first-order chi connectivity index (χ1) is 11.8. The van der Waals surface area contributed by atoms with E-state index in [1.165, 1.54) is 4.70 Å². The lowest BCUT2D eigenvalue weighted by atomic mass is 10.2. The quantitative estimate of drug-likeness (QED) is 0.713. The summed E-state index contributed by atoms with van der Waals surface area (Å²) >= 11 is 1.68. The van der Waals surface area contributed by atoms with Crippen LogP contribution in [0.1, 0.15) is 53.5 Å². The molecular weight excluding hydrogens is 322 g/mol. The number of hydrogen-bond acceptors (Lipinski definition) is 5. The van der Waals surface area contributed by atoms with Crippen molar-refractivity contribution < 1.29 is 9.32 Å². The van der Waals surface area contributed by atoms with Gasteiger partial charge in [0.25, 0.3) is 5.91 Å². The molecule has 0 spiro atoms. The van der Waals surface area contributed by atoms with E-state index in [0.717, 1.165) is 48.5 Å². The van der Waals surface area contributed by atoms with E-state index in [-0.39, 0.29) is 11.9 Å². The molecule has 0 radical (unpaired) electrons. The van der Waals surface area contributed by atoms with E-state index in [4.69, 9.17) is 9.51 Å². The Kier molecular flexibility index (Phi) is 4.06. The van der Waals surface area contributed by atoms with Gasteiger partial charge in [0, 0.05) is 19.0 Å². The molecule has 1 aromatic carbocycles. The topological polar surface area (TPSA) is 59.2 Å². The highest BCUT2D eigenvalue weighted by Gasteiger charge is 2.34. The zero-order valence-electron chi connectivity index (χ0n) is 13.6. The second kappa shape index (κ2) is 6.36. The minimum atomic E-state index is -0.0529. The maximum atomic E-state index is 12.8. The second-order valence-corrected chi connectivity index (χ2v) is 7.17. The van der Waals surface area contributed by atoms with Gasteiger partial charge in [-0.15, -0.1) is 11.3 Å². The molecule has 0 aliphatic carbocycles. The van der Waals surface area contributed by atoms with Gasteiger partial charge in [0.15, 0.2) is 5.69 Å². The van der Waals surface area contributed by atoms with E-state index in [9.17, 15) is 4.79 Å². The molecule has 0 unspecified atom stereocenters. The highest BCUT2D eigenvalue weighted by molar-refractivity contribution is 7.18. The van der Waals surface area contributed by atoms with Crippen LogP contribution in [-0.4, -0.2) is 27.5 Å². The van der Waals surface area contributed by atoms with Crippen molar-refractivity contribution in [2.75, 3.05) is 6.54 Å². The molecule has 124 valence electrons. The van der Waals surface area contributed by atoms with Crippen LogP contribution in [0.4, 0.5) is 0 Å². The minimum absolute atomic E-state index is 0.0428. The number of benzene rings is 1. The maximum absolute atomic E-state index is 12.8. The van der Waals surface area contributed by atoms with Gasteiger partial charge in [-0.25, -0.2) is 4.98 Å². The summed E-state index contributed by atoms with van der Waals surface area (Å²) in [5, 5.41) is 4.98. The van der Waals surface area contributed by atoms with Gasteiger partial charge in [-0.05, 0) is 31.4 Å². The molecule has 1 fully saturated rings. The van der Waals surface area contributed by atoms with Crippen LogP contribution in [0.15, 0.2) is 34.9 Å². The van der Waals surface area contributed by atoms with Gasteiger partial charge in [0.05, 0.1) is 16.3 Å². The number of aryl methyl sites for hydroxylation is 1. The molecule has 0 N–H and O–H groups in total. The molecule has 4 rings (SSSR count). The van der Waals surface area contributed by atoms with Crippen molar-refractivity contribution in [3.8, 4) is 0 Å². The Bertz CT molecular complexity index is 837. The van der Waals surface area contributed by atoms with Crippen molar-refractivity contribution in [2.45, 2.75) is 38.6 Å². The van der Waals surface area contributed by atoms with Crippen molar-refractivity contribution in [2.24, 2.45) is 0 Å². The average molecular weight is 341 g/mol. The fourth-order valence-electron chi connectivity index (χ4n) is 3.22. The fourth-order valence-corrected chi connectivity index (χ4v) is 4.34. The Morgan fingerprint density at radius 1 is 1.42 bits per heavy atom. The number of fused-ring (bicyclic) bond motifs is 1. The number of rotatable bonds is 4. The SMILES string of the molecule is CCCc1cc(C(=O)N2CCC[C@H]2c2nc3ccccc3s2)no1. The standard InChI is InChI=1S/C18H19N3O2S/c1-2-6-12-11-14(20-23-12)18(22)21-10-5-8-15(21)17-19-13-7-3-4-9-16(13)24-17/h3-4,7,9,11,15H,2,5-6,8,10H2,1H3/t15-/m0/s1. The lowest BCUT2D eigenvalue weighted by Gasteiger charge is -2.21. The van der Waals surface area contributed by atoms with E-state index in [2.05, 4.69) is 18.1 Å². The van der Waals surface area contributed by atoms with Crippen molar-refractivity contribution in [1.82, 2.24) is 15.0 Å². The monoisotopic (exact) mass is 341 g/mol. The Morgan fingerprint density at radius 3 is 3.12 bits per heavy atom. The molecule has 3 heterocycles. The molecule has 0 saturated carbocycles. The van der Waals surface area contributed by atoms with Crippen LogP contribution in [0.5, 0.6) is 0 Å². The normalized spacial score (nSPS) is 17.7. The van der Waals surface area contributed by atoms with Crippen LogP contribution < -0.4 is 0 Å². The van der Waals surface area contributed by atoms with Crippen LogP contribution >= 0.6 is 11.3 Å². The van der Waals surface area contributed by atoms with Gasteiger partial charge in [0.2, 0.25) is 0 Å². The van der Waals surface area contributed by atoms with E-state index >= 15 is 0 Å². The highest BCUT2D eigenvalue weighted by Crippen LogP contribution is 2.37. The summed E-state index contributed by atoms with van der Waals surface area (Å²) in [6.45, 7) is 2.82. The molecule has 0 bridgehead atoms. The first-order valence-electron chi connectivity index (χ1n) is 8.38. The van der Waals surface area contributed by atoms with Gasteiger partial charge < -0.3 is 9.42 Å². The number of thiazole rings is 1. The molecular formula is C18H19N3O2S. The van der Waals surface area contributed by atoms with Gasteiger partial charge in [-0.1, -0.05) is 24.2 Å². The predicted molar refractivity (Wildman–Crippen MR) is 93.1 cm³/mol. The number of aromatic nitrogens is 2. The molecule has 1 atom stereocenters. The van der Waals surface area contributed by atoms with Crippen LogP contribution in [0, 0.1) is 0 Å². The molecule has 1 aliphatic heterocycles. The summed E-state index contributed by atoms with van der Waals surface area (Å²) in [6, 6.07) is 9.93. The smallest absolute Gasteiger partial charge is 0.276 e. The second-order valence-electron chi connectivity index (χ2n) is 6.10. The number of likely N-dealkylation sites (tertiary alicyclic amines) is 1. The van der Waals surface area contributed by atoms with Crippen molar-refractivity contribution >= 4 is 27.5 Å². The largest absolute Gasteiger partial charge is 0.361 e. The Morgan fingerprint density at radius 2 is 2.29 bits per heavy atom. The number of hydrogen-bond donors (Lipinski definition) is 0. The maximum Gasteiger partial charge on any atom is 0.276 e. The zero-order chi connectivity index (χ0) is 16.5. The van der Waals surface area contributed by atoms with Crippen LogP contribution in [0.25, 0.3) is 10.2 Å². The summed E-state index contributed by atoms with van der Waals surface area (Å²) in [5.74, 6) is 0.722. The van der Waals surface area contributed by atoms with Crippen LogP contribution in [0.2, 0.25) is 0 Å². The number of para-hydroxylation sites is 1. The number of carbonyl (C=O) groups is 1. The third kappa shape index (κ3) is 2.71. The van der Waals surface area contributed by atoms with E-state index in [1.807, 2.05) is 23.1 Å². The molecule has 1 saturated heterocycles. The molecule has 1 amide bonds. The highest BCUT2D eigenvalue weighted by atomic mass is 32.1. The molecule has 2 aromatic heterocycles. The molecule has 6 heteroatoms. The zero-order valence-corrected chi connectivity index (χ0v) is 14.4. The van der Waals surface area contributed by atoms with E-state index < -0.39 is 0 Å². The van der Waals surface area contributed by atoms with E-state index in [1.54, 1.807) is 17.4 Å². The van der Waals surface area contributed by atoms with Crippen LogP contribution in [-0.2, 0) is 6.42 Å². The molecule has 3 aromatic rings. The summed E-state index contributed by atoms with van der Waals surface area (Å²) in [5.41, 5.74) is 1.41. The molecule has 5 nitrogen and oxygen atoms in total. The van der Waals surface area contributed by atoms with Gasteiger partial charge in [-0.2, -0.15) is 0 Å². The summed E-state index contributed by atoms with van der Waals surface area (Å²) in [4.78, 5) is 19.5. The van der Waals surface area contributed by atoms with E-state index in [0.29, 0.717) is 5.69 Å². The predicted octanol–water partition coefficient (Wildman–Crippen LogP) is 4.21. The lowest BCUT2D eigenvalue weighted by molar-refractivity contribution is 0.0725. The lowest BCUT2D eigenvalue weighted by Crippen LogP contribution is -2.30. The third-order valence-electron chi connectivity index (χ3n) is 4.38. The van der Waals surface area contributed by atoms with Gasteiger partial charge >= 0.3 is 0 Å². The molecule has 24 heavy (non-hydrogen) atoms. The Labute approximate surface area is 144 Å². The number of carbonyl (C=O) groups excluding carboxylic acids is 1. The van der Waals surface area contributed by atoms with Crippen molar-refractivity contribution in [3.63, 3.8) is 0 Å². The van der Waals surface area contributed by atoms with Gasteiger partial charge in [0.1, 0.15) is 10.8 Å². The van der Waals surface area contributed by atoms with Crippen molar-refractivity contribution in [1.29, 1.82) is 0 Å². The Hall–Kier alpha value is -2.21. The van der Waals surface area contributed by atoms with Crippen molar-refractivity contribution in [3.05, 3.63) is 46.8 Å². The minimum Gasteiger partial charge on any atom is -0.361 e. The third-order valence-corrected chi connectivity index (χ3v) is 5.52. The number of nitrogens with zero attached hydrogens (tertiary/aromatic N) is 3.